The number of aryl methyl sites for hydroxylation is 1. The van der Waals surface area contributed by atoms with Gasteiger partial charge in [0.05, 0.1) is 29.5 Å². The van der Waals surface area contributed by atoms with Crippen LogP contribution in [0.3, 0.4) is 0 Å². The van der Waals surface area contributed by atoms with Gasteiger partial charge in [0.15, 0.2) is 0 Å². The number of hydrogen-bond acceptors (Lipinski definition) is 5. The molecule has 0 aliphatic rings. The Morgan fingerprint density at radius 1 is 1.06 bits per heavy atom. The SMILES string of the molecule is CCc1cccc(N(C(N)=O)c2ccc(Sc3ccc4nc(NC(=O)OC)[nH]c4c3)cc2)c1. The van der Waals surface area contributed by atoms with Crippen LogP contribution in [-0.2, 0) is 11.2 Å². The molecule has 1 aromatic heterocycles. The van der Waals surface area contributed by atoms with E-state index in [1.165, 1.54) is 12.0 Å². The van der Waals surface area contributed by atoms with Crippen molar-refractivity contribution in [2.45, 2.75) is 23.1 Å². The van der Waals surface area contributed by atoms with E-state index in [9.17, 15) is 9.59 Å². The number of fused-ring (bicyclic) bond motifs is 1. The first-order valence-corrected chi connectivity index (χ1v) is 11.1. The van der Waals surface area contributed by atoms with Gasteiger partial charge in [-0.3, -0.25) is 10.2 Å². The van der Waals surface area contributed by atoms with E-state index in [-0.39, 0.29) is 0 Å². The minimum absolute atomic E-state index is 0.321. The van der Waals surface area contributed by atoms with Gasteiger partial charge in [-0.25, -0.2) is 14.6 Å². The molecule has 4 N–H and O–H groups in total. The van der Waals surface area contributed by atoms with Gasteiger partial charge in [0, 0.05) is 9.79 Å². The molecule has 0 saturated heterocycles. The maximum Gasteiger partial charge on any atom is 0.413 e. The molecule has 9 heteroatoms. The second-order valence-electron chi connectivity index (χ2n) is 7.17. The molecule has 0 fully saturated rings. The summed E-state index contributed by atoms with van der Waals surface area (Å²) in [6.07, 6.45) is 0.284. The Morgan fingerprint density at radius 2 is 1.82 bits per heavy atom. The summed E-state index contributed by atoms with van der Waals surface area (Å²) in [5.41, 5.74) is 9.77. The lowest BCUT2D eigenvalue weighted by Crippen LogP contribution is -2.31. The van der Waals surface area contributed by atoms with E-state index in [0.717, 1.165) is 38.5 Å². The lowest BCUT2D eigenvalue weighted by molar-refractivity contribution is 0.186. The van der Waals surface area contributed by atoms with E-state index in [0.29, 0.717) is 11.6 Å². The molecule has 0 aliphatic heterocycles. The van der Waals surface area contributed by atoms with E-state index >= 15 is 0 Å². The number of H-pyrrole nitrogens is 1. The van der Waals surface area contributed by atoms with Crippen molar-refractivity contribution in [3.63, 3.8) is 0 Å². The van der Waals surface area contributed by atoms with Crippen LogP contribution in [0, 0.1) is 0 Å². The Balaban J connectivity index is 1.53. The first-order chi connectivity index (χ1) is 16.0. The fourth-order valence-electron chi connectivity index (χ4n) is 3.38. The average molecular weight is 462 g/mol. The van der Waals surface area contributed by atoms with Crippen molar-refractivity contribution in [3.8, 4) is 0 Å². The topological polar surface area (TPSA) is 113 Å². The molecule has 0 aliphatic carbocycles. The van der Waals surface area contributed by atoms with Crippen molar-refractivity contribution >= 4 is 52.2 Å². The Hall–Kier alpha value is -3.98. The average Bonchev–Trinajstić information content (AvgIpc) is 3.21. The summed E-state index contributed by atoms with van der Waals surface area (Å²) in [5.74, 6) is 0.321. The largest absolute Gasteiger partial charge is 0.453 e. The number of methoxy groups -OCH3 is 1. The van der Waals surface area contributed by atoms with Gasteiger partial charge in [-0.05, 0) is 66.6 Å². The van der Waals surface area contributed by atoms with Crippen LogP contribution in [0.2, 0.25) is 0 Å². The van der Waals surface area contributed by atoms with Crippen molar-refractivity contribution in [3.05, 3.63) is 72.3 Å². The number of amides is 3. The van der Waals surface area contributed by atoms with Crippen LogP contribution >= 0.6 is 11.8 Å². The maximum absolute atomic E-state index is 12.2. The van der Waals surface area contributed by atoms with Crippen LogP contribution in [0.15, 0.2) is 76.5 Å². The summed E-state index contributed by atoms with van der Waals surface area (Å²) < 4.78 is 4.59. The number of aromatic amines is 1. The lowest BCUT2D eigenvalue weighted by Gasteiger charge is -2.21. The summed E-state index contributed by atoms with van der Waals surface area (Å²) in [7, 11) is 1.29. The van der Waals surface area contributed by atoms with Crippen LogP contribution in [0.5, 0.6) is 0 Å². The standard InChI is InChI=1S/C24H23N5O3S/c1-3-15-5-4-6-17(13-15)29(22(25)30)16-7-9-18(10-8-16)33-19-11-12-20-21(14-19)27-23(26-20)28-24(31)32-2/h4-14H,3H2,1-2H3,(H2,25,30)(H2,26,27,28,31). The molecule has 0 radical (unpaired) electrons. The number of aromatic nitrogens is 2. The Labute approximate surface area is 195 Å². The number of nitrogens with two attached hydrogens (primary N) is 1. The highest BCUT2D eigenvalue weighted by Crippen LogP contribution is 2.33. The van der Waals surface area contributed by atoms with Crippen LogP contribution < -0.4 is 16.0 Å². The summed E-state index contributed by atoms with van der Waals surface area (Å²) in [6.45, 7) is 2.07. The molecule has 168 valence electrons. The van der Waals surface area contributed by atoms with Crippen LogP contribution in [0.4, 0.5) is 26.9 Å². The summed E-state index contributed by atoms with van der Waals surface area (Å²) in [4.78, 5) is 34.4. The molecule has 33 heavy (non-hydrogen) atoms. The first kappa shape index (κ1) is 22.2. The number of nitrogens with one attached hydrogen (secondary N) is 2. The number of anilines is 3. The number of primary amides is 1. The van der Waals surface area contributed by atoms with Gasteiger partial charge in [-0.2, -0.15) is 0 Å². The number of nitrogens with zero attached hydrogens (tertiary/aromatic N) is 2. The van der Waals surface area contributed by atoms with Crippen molar-refractivity contribution in [2.75, 3.05) is 17.3 Å². The predicted molar refractivity (Wildman–Crippen MR) is 130 cm³/mol. The molecule has 4 aromatic rings. The fraction of sp³-hybridized carbons (Fsp3) is 0.125. The van der Waals surface area contributed by atoms with E-state index in [1.807, 2.05) is 66.7 Å². The third kappa shape index (κ3) is 5.09. The molecule has 0 bridgehead atoms. The molecule has 4 rings (SSSR count). The van der Waals surface area contributed by atoms with Crippen LogP contribution in [-0.4, -0.2) is 29.2 Å². The number of imidazole rings is 1. The second kappa shape index (κ2) is 9.66. The van der Waals surface area contributed by atoms with Gasteiger partial charge in [-0.15, -0.1) is 0 Å². The number of carbonyl (C=O) groups is 2. The monoisotopic (exact) mass is 461 g/mol. The van der Waals surface area contributed by atoms with E-state index in [4.69, 9.17) is 5.73 Å². The summed E-state index contributed by atoms with van der Waals surface area (Å²) in [5, 5.41) is 2.52. The minimum atomic E-state index is -0.588. The Bertz CT molecular complexity index is 1300. The lowest BCUT2D eigenvalue weighted by atomic mass is 10.1. The third-order valence-corrected chi connectivity index (χ3v) is 5.98. The molecule has 0 saturated carbocycles. The smallest absolute Gasteiger partial charge is 0.413 e. The molecule has 3 amide bonds. The zero-order valence-electron chi connectivity index (χ0n) is 18.2. The highest BCUT2D eigenvalue weighted by atomic mass is 32.2. The highest BCUT2D eigenvalue weighted by molar-refractivity contribution is 7.99. The van der Waals surface area contributed by atoms with Gasteiger partial charge in [0.25, 0.3) is 0 Å². The van der Waals surface area contributed by atoms with Crippen molar-refractivity contribution in [1.29, 1.82) is 0 Å². The molecule has 3 aromatic carbocycles. The normalized spacial score (nSPS) is 10.7. The van der Waals surface area contributed by atoms with Gasteiger partial charge in [-0.1, -0.05) is 30.8 Å². The first-order valence-electron chi connectivity index (χ1n) is 10.3. The number of rotatable bonds is 6. The van der Waals surface area contributed by atoms with Crippen molar-refractivity contribution < 1.29 is 14.3 Å². The van der Waals surface area contributed by atoms with Gasteiger partial charge < -0.3 is 15.5 Å². The maximum atomic E-state index is 12.2. The minimum Gasteiger partial charge on any atom is -0.453 e. The van der Waals surface area contributed by atoms with Crippen molar-refractivity contribution in [1.82, 2.24) is 9.97 Å². The highest BCUT2D eigenvalue weighted by Gasteiger charge is 2.15. The zero-order valence-corrected chi connectivity index (χ0v) is 19.0. The summed E-state index contributed by atoms with van der Waals surface area (Å²) in [6, 6.07) is 20.7. The molecular weight excluding hydrogens is 438 g/mol. The Kier molecular flexibility index (Phi) is 6.50. The number of hydrogen-bond donors (Lipinski definition) is 3. The Morgan fingerprint density at radius 3 is 2.52 bits per heavy atom. The molecular formula is C24H23N5O3S. The molecule has 0 unspecified atom stereocenters. The van der Waals surface area contributed by atoms with E-state index in [2.05, 4.69) is 26.9 Å². The molecule has 0 atom stereocenters. The third-order valence-electron chi connectivity index (χ3n) is 4.99. The number of benzene rings is 3. The molecule has 8 nitrogen and oxygen atoms in total. The molecule has 1 heterocycles. The van der Waals surface area contributed by atoms with E-state index in [1.54, 1.807) is 11.8 Å². The predicted octanol–water partition coefficient (Wildman–Crippen LogP) is 5.67. The van der Waals surface area contributed by atoms with Crippen LogP contribution in [0.25, 0.3) is 11.0 Å². The number of carbonyl (C=O) groups excluding carboxylic acids is 2. The summed E-state index contributed by atoms with van der Waals surface area (Å²) >= 11 is 1.57. The van der Waals surface area contributed by atoms with Gasteiger partial charge in [0.1, 0.15) is 0 Å². The van der Waals surface area contributed by atoms with Crippen molar-refractivity contribution in [2.24, 2.45) is 5.73 Å². The number of ether oxygens (including phenoxy) is 1. The molecule has 0 spiro atoms. The van der Waals surface area contributed by atoms with Gasteiger partial charge >= 0.3 is 12.1 Å². The van der Waals surface area contributed by atoms with Crippen LogP contribution in [0.1, 0.15) is 12.5 Å². The zero-order chi connectivity index (χ0) is 23.4. The van der Waals surface area contributed by atoms with Gasteiger partial charge in [0.2, 0.25) is 5.95 Å². The second-order valence-corrected chi connectivity index (χ2v) is 8.32. The van der Waals surface area contributed by atoms with E-state index < -0.39 is 12.1 Å². The quantitative estimate of drug-likeness (QED) is 0.342. The fourth-order valence-corrected chi connectivity index (χ4v) is 4.23. The number of urea groups is 1.